The van der Waals surface area contributed by atoms with Gasteiger partial charge in [0, 0.05) is 61.2 Å². The van der Waals surface area contributed by atoms with E-state index in [1.807, 2.05) is 6.07 Å². The fourth-order valence-electron chi connectivity index (χ4n) is 9.20. The van der Waals surface area contributed by atoms with Crippen LogP contribution in [0.3, 0.4) is 0 Å². The monoisotopic (exact) mass is 675 g/mol. The predicted molar refractivity (Wildman–Crippen MR) is 222 cm³/mol. The van der Waals surface area contributed by atoms with Gasteiger partial charge in [0.25, 0.3) is 6.71 Å². The molecule has 0 saturated carbocycles. The summed E-state index contributed by atoms with van der Waals surface area (Å²) in [6.07, 6.45) is 0. The van der Waals surface area contributed by atoms with Crippen LogP contribution in [-0.2, 0) is 0 Å². The summed E-state index contributed by atoms with van der Waals surface area (Å²) in [6, 6.07) is 66.0. The standard InChI is InChI=1S/C48H30BN3O/c1-4-15-31(16-5-1)50(32-17-6-2-7-18-32)34-27-43-47-44(28-34)52-42-29-38-35-21-10-13-26-45(35)53-46(38)30-37(42)36-22-14-24-40(48(36)52)49(47)39-23-11-12-25-41(39)51(43)33-19-8-3-9-20-33/h1-30H. The summed E-state index contributed by atoms with van der Waals surface area (Å²) in [4.78, 5) is 4.86. The lowest BCUT2D eigenvalue weighted by Gasteiger charge is -2.41. The molecule has 0 amide bonds. The Morgan fingerprint density at radius 3 is 1.87 bits per heavy atom. The van der Waals surface area contributed by atoms with Gasteiger partial charge in [-0.25, -0.2) is 0 Å². The first-order valence-electron chi connectivity index (χ1n) is 18.2. The van der Waals surface area contributed by atoms with E-state index in [4.69, 9.17) is 4.42 Å². The van der Waals surface area contributed by atoms with E-state index in [0.717, 1.165) is 44.7 Å². The first-order chi connectivity index (χ1) is 26.3. The highest BCUT2D eigenvalue weighted by Gasteiger charge is 2.42. The third-order valence-electron chi connectivity index (χ3n) is 11.3. The minimum absolute atomic E-state index is 0.0523. The molecule has 0 N–H and O–H groups in total. The number of aromatic nitrogens is 1. The lowest BCUT2D eigenvalue weighted by molar-refractivity contribution is 0.669. The first-order valence-corrected chi connectivity index (χ1v) is 18.2. The van der Waals surface area contributed by atoms with Crippen molar-refractivity contribution in [1.82, 2.24) is 4.57 Å². The lowest BCUT2D eigenvalue weighted by atomic mass is 9.34. The summed E-state index contributed by atoms with van der Waals surface area (Å²) < 4.78 is 9.02. The number of rotatable bonds is 4. The molecular weight excluding hydrogens is 645 g/mol. The zero-order valence-corrected chi connectivity index (χ0v) is 28.6. The summed E-state index contributed by atoms with van der Waals surface area (Å²) >= 11 is 0. The summed E-state index contributed by atoms with van der Waals surface area (Å²) in [5.74, 6) is 0. The smallest absolute Gasteiger partial charge is 0.252 e. The molecule has 5 heteroatoms. The molecule has 0 atom stereocenters. The number of hydrogen-bond acceptors (Lipinski definition) is 3. The van der Waals surface area contributed by atoms with Crippen LogP contribution in [0.1, 0.15) is 0 Å². The largest absolute Gasteiger partial charge is 0.456 e. The average molecular weight is 676 g/mol. The number of hydrogen-bond donors (Lipinski definition) is 0. The molecule has 4 heterocycles. The van der Waals surface area contributed by atoms with Gasteiger partial charge in [0.2, 0.25) is 0 Å². The Labute approximate surface area is 306 Å². The number of benzene rings is 8. The molecule has 2 aliphatic heterocycles. The van der Waals surface area contributed by atoms with Gasteiger partial charge in [-0.3, -0.25) is 0 Å². The number of furan rings is 1. The van der Waals surface area contributed by atoms with Crippen molar-refractivity contribution in [3.8, 4) is 5.69 Å². The van der Waals surface area contributed by atoms with Crippen molar-refractivity contribution in [1.29, 1.82) is 0 Å². The zero-order chi connectivity index (χ0) is 34.6. The molecule has 10 aromatic rings. The van der Waals surface area contributed by atoms with Gasteiger partial charge in [-0.2, -0.15) is 0 Å². The maximum atomic E-state index is 6.47. The van der Waals surface area contributed by atoms with Crippen molar-refractivity contribution < 1.29 is 4.42 Å². The van der Waals surface area contributed by atoms with Crippen molar-refractivity contribution in [2.45, 2.75) is 0 Å². The van der Waals surface area contributed by atoms with Gasteiger partial charge in [-0.1, -0.05) is 109 Å². The topological polar surface area (TPSA) is 24.6 Å². The Morgan fingerprint density at radius 2 is 1.08 bits per heavy atom. The van der Waals surface area contributed by atoms with Gasteiger partial charge in [0.1, 0.15) is 11.2 Å². The van der Waals surface area contributed by atoms with Crippen LogP contribution in [0.4, 0.5) is 34.1 Å². The van der Waals surface area contributed by atoms with E-state index in [9.17, 15) is 0 Å². The number of nitrogens with zero attached hydrogens (tertiary/aromatic N) is 3. The lowest BCUT2D eigenvalue weighted by Crippen LogP contribution is -2.60. The van der Waals surface area contributed by atoms with Crippen molar-refractivity contribution in [3.63, 3.8) is 0 Å². The van der Waals surface area contributed by atoms with Crippen molar-refractivity contribution in [2.75, 3.05) is 9.80 Å². The second-order valence-corrected chi connectivity index (χ2v) is 14.1. The Balaban J connectivity index is 1.26. The zero-order valence-electron chi connectivity index (χ0n) is 28.6. The minimum Gasteiger partial charge on any atom is -0.456 e. The van der Waals surface area contributed by atoms with Crippen LogP contribution < -0.4 is 26.2 Å². The summed E-state index contributed by atoms with van der Waals surface area (Å²) in [5, 5.41) is 4.70. The number of fused-ring (bicyclic) bond motifs is 10. The highest BCUT2D eigenvalue weighted by atomic mass is 16.3. The maximum Gasteiger partial charge on any atom is 0.252 e. The minimum atomic E-state index is 0.0523. The molecule has 0 spiro atoms. The summed E-state index contributed by atoms with van der Waals surface area (Å²) in [5.41, 5.74) is 16.2. The van der Waals surface area contributed by atoms with Gasteiger partial charge < -0.3 is 18.8 Å². The van der Waals surface area contributed by atoms with Gasteiger partial charge in [-0.05, 0) is 89.2 Å². The fourth-order valence-corrected chi connectivity index (χ4v) is 9.20. The van der Waals surface area contributed by atoms with Crippen LogP contribution in [0.2, 0.25) is 0 Å². The fraction of sp³-hybridized carbons (Fsp3) is 0. The second-order valence-electron chi connectivity index (χ2n) is 14.1. The highest BCUT2D eigenvalue weighted by Crippen LogP contribution is 2.46. The molecule has 8 aromatic carbocycles. The highest BCUT2D eigenvalue weighted by molar-refractivity contribution is 7.00. The molecule has 0 aliphatic carbocycles. The van der Waals surface area contributed by atoms with E-state index < -0.39 is 0 Å². The Kier molecular flexibility index (Phi) is 5.83. The van der Waals surface area contributed by atoms with Crippen LogP contribution >= 0.6 is 0 Å². The van der Waals surface area contributed by atoms with Gasteiger partial charge in [0.15, 0.2) is 0 Å². The molecule has 0 radical (unpaired) electrons. The quantitative estimate of drug-likeness (QED) is 0.174. The number of para-hydroxylation sites is 6. The van der Waals surface area contributed by atoms with E-state index in [1.165, 1.54) is 55.3 Å². The molecule has 246 valence electrons. The van der Waals surface area contributed by atoms with Gasteiger partial charge >= 0.3 is 0 Å². The third-order valence-corrected chi connectivity index (χ3v) is 11.3. The van der Waals surface area contributed by atoms with Crippen molar-refractivity contribution in [2.24, 2.45) is 0 Å². The summed E-state index contributed by atoms with van der Waals surface area (Å²) in [7, 11) is 0. The van der Waals surface area contributed by atoms with Crippen LogP contribution in [0, 0.1) is 0 Å². The van der Waals surface area contributed by atoms with E-state index in [0.29, 0.717) is 0 Å². The second kappa shape index (κ2) is 10.8. The molecule has 2 aliphatic rings. The van der Waals surface area contributed by atoms with E-state index in [-0.39, 0.29) is 6.71 Å². The van der Waals surface area contributed by atoms with E-state index in [2.05, 4.69) is 190 Å². The average Bonchev–Trinajstić information content (AvgIpc) is 3.75. The molecule has 0 saturated heterocycles. The van der Waals surface area contributed by atoms with Gasteiger partial charge in [0.05, 0.1) is 11.2 Å². The molecule has 0 unspecified atom stereocenters. The Morgan fingerprint density at radius 1 is 0.434 bits per heavy atom. The van der Waals surface area contributed by atoms with Crippen LogP contribution in [-0.4, -0.2) is 11.3 Å². The van der Waals surface area contributed by atoms with Crippen molar-refractivity contribution in [3.05, 3.63) is 182 Å². The Bertz CT molecular complexity index is 3040. The van der Waals surface area contributed by atoms with Crippen molar-refractivity contribution >= 4 is 101 Å². The number of anilines is 6. The maximum absolute atomic E-state index is 6.47. The summed E-state index contributed by atoms with van der Waals surface area (Å²) in [6.45, 7) is 0.0523. The SMILES string of the molecule is c1ccc(N(c2ccccc2)c2cc3c4c(c2)-n2c5cc6c(cc5c5cccc(c52)B4c2ccccc2N3c2ccccc2)oc2ccccc26)cc1. The molecule has 4 nitrogen and oxygen atoms in total. The molecular formula is C48H30BN3O. The van der Waals surface area contributed by atoms with Gasteiger partial charge in [-0.15, -0.1) is 0 Å². The Hall–Kier alpha value is -6.98. The van der Waals surface area contributed by atoms with E-state index in [1.54, 1.807) is 0 Å². The molecule has 0 fully saturated rings. The van der Waals surface area contributed by atoms with E-state index >= 15 is 0 Å². The van der Waals surface area contributed by atoms with Crippen LogP contribution in [0.25, 0.3) is 49.4 Å². The predicted octanol–water partition coefficient (Wildman–Crippen LogP) is 10.8. The van der Waals surface area contributed by atoms with Crippen LogP contribution in [0.15, 0.2) is 186 Å². The molecule has 0 bridgehead atoms. The molecule has 53 heavy (non-hydrogen) atoms. The first kappa shape index (κ1) is 28.7. The molecule has 2 aromatic heterocycles. The van der Waals surface area contributed by atoms with Crippen LogP contribution in [0.5, 0.6) is 0 Å². The molecule has 12 rings (SSSR count). The third kappa shape index (κ3) is 3.96. The normalized spacial score (nSPS) is 12.8.